The van der Waals surface area contributed by atoms with E-state index in [1.807, 2.05) is 0 Å². The van der Waals surface area contributed by atoms with Gasteiger partial charge < -0.3 is 10.4 Å². The molecule has 4 nitrogen and oxygen atoms in total. The minimum absolute atomic E-state index is 0.138. The maximum absolute atomic E-state index is 12.3. The van der Waals surface area contributed by atoms with Crippen molar-refractivity contribution in [3.63, 3.8) is 0 Å². The Labute approximate surface area is 148 Å². The third-order valence-electron chi connectivity index (χ3n) is 3.93. The summed E-state index contributed by atoms with van der Waals surface area (Å²) in [6.07, 6.45) is -5.26. The molecule has 0 bridgehead atoms. The second kappa shape index (κ2) is 8.03. The number of carboxylic acid groups (broad SMARTS) is 1. The molecule has 0 saturated heterocycles. The lowest BCUT2D eigenvalue weighted by Gasteiger charge is -2.11. The first kappa shape index (κ1) is 19.5. The van der Waals surface area contributed by atoms with Crippen molar-refractivity contribution in [2.24, 2.45) is 0 Å². The Balaban J connectivity index is 2.04. The summed E-state index contributed by atoms with van der Waals surface area (Å²) in [6, 6.07) is 12.4. The highest BCUT2D eigenvalue weighted by molar-refractivity contribution is 6.04. The lowest BCUT2D eigenvalue weighted by atomic mass is 10.0. The second-order valence-corrected chi connectivity index (χ2v) is 5.95. The molecule has 2 aromatic rings. The number of aliphatic carboxylic acids is 1. The van der Waals surface area contributed by atoms with Crippen LogP contribution in [-0.2, 0) is 11.2 Å². The van der Waals surface area contributed by atoms with Gasteiger partial charge in [0.15, 0.2) is 0 Å². The topological polar surface area (TPSA) is 66.4 Å². The summed E-state index contributed by atoms with van der Waals surface area (Å²) in [5.41, 5.74) is 1.80. The van der Waals surface area contributed by atoms with Crippen LogP contribution in [-0.4, -0.2) is 23.2 Å². The summed E-state index contributed by atoms with van der Waals surface area (Å²) in [5, 5.41) is 11.7. The molecule has 1 unspecified atom stereocenters. The Bertz CT molecular complexity index is 785. The van der Waals surface area contributed by atoms with E-state index in [4.69, 9.17) is 5.11 Å². The summed E-state index contributed by atoms with van der Waals surface area (Å²) >= 11 is 0. The summed E-state index contributed by atoms with van der Waals surface area (Å²) < 4.78 is 36.7. The Hall–Kier alpha value is -2.83. The van der Waals surface area contributed by atoms with Gasteiger partial charge in [-0.3, -0.25) is 9.59 Å². The number of halogens is 3. The molecule has 0 spiro atoms. The molecule has 0 saturated carbocycles. The molecule has 7 heteroatoms. The number of hydrogen-bond donors (Lipinski definition) is 2. The number of carbonyl (C=O) groups is 2. The molecule has 0 aliphatic heterocycles. The van der Waals surface area contributed by atoms with Crippen molar-refractivity contribution in [1.29, 1.82) is 0 Å². The van der Waals surface area contributed by atoms with Gasteiger partial charge in [-0.05, 0) is 48.7 Å². The van der Waals surface area contributed by atoms with Crippen LogP contribution in [0.1, 0.15) is 40.7 Å². The number of carboxylic acids is 1. The minimum atomic E-state index is -4.21. The van der Waals surface area contributed by atoms with E-state index < -0.39 is 30.4 Å². The van der Waals surface area contributed by atoms with Crippen molar-refractivity contribution < 1.29 is 27.9 Å². The number of aryl methyl sites for hydroxylation is 1. The number of anilines is 1. The maximum atomic E-state index is 12.3. The van der Waals surface area contributed by atoms with Crippen molar-refractivity contribution in [3.8, 4) is 0 Å². The van der Waals surface area contributed by atoms with Gasteiger partial charge in [0.1, 0.15) is 0 Å². The van der Waals surface area contributed by atoms with Gasteiger partial charge in [-0.25, -0.2) is 0 Å². The quantitative estimate of drug-likeness (QED) is 0.785. The standard InChI is InChI=1S/C19H18F3NO3/c1-12(18(25)26)15-3-2-4-16(11-15)23-17(24)14-7-5-13(6-8-14)9-10-19(20,21)22/h2-8,11-12H,9-10H2,1H3,(H,23,24)(H,25,26). The van der Waals surface area contributed by atoms with Crippen molar-refractivity contribution in [2.45, 2.75) is 31.9 Å². The van der Waals surface area contributed by atoms with Gasteiger partial charge in [-0.1, -0.05) is 24.3 Å². The molecule has 2 aromatic carbocycles. The molecule has 0 radical (unpaired) electrons. The van der Waals surface area contributed by atoms with E-state index in [1.54, 1.807) is 31.2 Å². The fourth-order valence-corrected chi connectivity index (χ4v) is 2.34. The van der Waals surface area contributed by atoms with Crippen LogP contribution >= 0.6 is 0 Å². The molecule has 2 N–H and O–H groups in total. The van der Waals surface area contributed by atoms with Crippen LogP contribution in [0.3, 0.4) is 0 Å². The number of nitrogens with one attached hydrogen (secondary N) is 1. The molecule has 26 heavy (non-hydrogen) atoms. The first-order valence-electron chi connectivity index (χ1n) is 7.95. The highest BCUT2D eigenvalue weighted by atomic mass is 19.4. The summed E-state index contributed by atoms with van der Waals surface area (Å²) in [5.74, 6) is -2.10. The SMILES string of the molecule is CC(C(=O)O)c1cccc(NC(=O)c2ccc(CCC(F)(F)F)cc2)c1. The van der Waals surface area contributed by atoms with Gasteiger partial charge in [0, 0.05) is 17.7 Å². The van der Waals surface area contributed by atoms with E-state index in [-0.39, 0.29) is 6.42 Å². The molecular weight excluding hydrogens is 347 g/mol. The highest BCUT2D eigenvalue weighted by Crippen LogP contribution is 2.23. The molecule has 138 valence electrons. The molecule has 0 heterocycles. The Kier molecular flexibility index (Phi) is 6.02. The van der Waals surface area contributed by atoms with Crippen molar-refractivity contribution in [2.75, 3.05) is 5.32 Å². The first-order chi connectivity index (χ1) is 12.2. The monoisotopic (exact) mass is 365 g/mol. The number of carbonyl (C=O) groups excluding carboxylic acids is 1. The fraction of sp³-hybridized carbons (Fsp3) is 0.263. The highest BCUT2D eigenvalue weighted by Gasteiger charge is 2.26. The van der Waals surface area contributed by atoms with Gasteiger partial charge in [0.05, 0.1) is 5.92 Å². The van der Waals surface area contributed by atoms with E-state index in [9.17, 15) is 22.8 Å². The van der Waals surface area contributed by atoms with Crippen LogP contribution in [0, 0.1) is 0 Å². The lowest BCUT2D eigenvalue weighted by Crippen LogP contribution is -2.13. The maximum Gasteiger partial charge on any atom is 0.389 e. The van der Waals surface area contributed by atoms with Gasteiger partial charge >= 0.3 is 12.1 Å². The molecular formula is C19H18F3NO3. The Morgan fingerprint density at radius 1 is 1.12 bits per heavy atom. The molecule has 0 aliphatic carbocycles. The van der Waals surface area contributed by atoms with E-state index >= 15 is 0 Å². The normalized spacial score (nSPS) is 12.5. The number of hydrogen-bond acceptors (Lipinski definition) is 2. The van der Waals surface area contributed by atoms with Gasteiger partial charge in [-0.2, -0.15) is 13.2 Å². The first-order valence-corrected chi connectivity index (χ1v) is 7.95. The zero-order chi connectivity index (χ0) is 19.3. The summed E-state index contributed by atoms with van der Waals surface area (Å²) in [7, 11) is 0. The fourth-order valence-electron chi connectivity index (χ4n) is 2.34. The lowest BCUT2D eigenvalue weighted by molar-refractivity contribution is -0.138. The van der Waals surface area contributed by atoms with Gasteiger partial charge in [0.2, 0.25) is 0 Å². The van der Waals surface area contributed by atoms with Crippen LogP contribution in [0.4, 0.5) is 18.9 Å². The van der Waals surface area contributed by atoms with Gasteiger partial charge in [-0.15, -0.1) is 0 Å². The second-order valence-electron chi connectivity index (χ2n) is 5.95. The molecule has 2 rings (SSSR count). The third kappa shape index (κ3) is 5.61. The molecule has 1 atom stereocenters. The average molecular weight is 365 g/mol. The summed E-state index contributed by atoms with van der Waals surface area (Å²) in [6.45, 7) is 1.54. The van der Waals surface area contributed by atoms with Crippen LogP contribution in [0.15, 0.2) is 48.5 Å². The summed E-state index contributed by atoms with van der Waals surface area (Å²) in [4.78, 5) is 23.3. The number of rotatable bonds is 6. The zero-order valence-corrected chi connectivity index (χ0v) is 14.0. The number of benzene rings is 2. The van der Waals surface area contributed by atoms with Crippen molar-refractivity contribution in [3.05, 3.63) is 65.2 Å². The number of alkyl halides is 3. The van der Waals surface area contributed by atoms with Gasteiger partial charge in [0.25, 0.3) is 5.91 Å². The van der Waals surface area contributed by atoms with Crippen LogP contribution < -0.4 is 5.32 Å². The average Bonchev–Trinajstić information content (AvgIpc) is 2.59. The van der Waals surface area contributed by atoms with Crippen LogP contribution in [0.5, 0.6) is 0 Å². The van der Waals surface area contributed by atoms with E-state index in [0.717, 1.165) is 0 Å². The van der Waals surface area contributed by atoms with E-state index in [2.05, 4.69) is 5.32 Å². The molecule has 1 amide bonds. The molecule has 0 aromatic heterocycles. The van der Waals surface area contributed by atoms with Crippen molar-refractivity contribution in [1.82, 2.24) is 0 Å². The Morgan fingerprint density at radius 2 is 1.77 bits per heavy atom. The smallest absolute Gasteiger partial charge is 0.389 e. The molecule has 0 fully saturated rings. The van der Waals surface area contributed by atoms with Crippen LogP contribution in [0.25, 0.3) is 0 Å². The van der Waals surface area contributed by atoms with Crippen molar-refractivity contribution >= 4 is 17.6 Å². The minimum Gasteiger partial charge on any atom is -0.481 e. The van der Waals surface area contributed by atoms with Crippen LogP contribution in [0.2, 0.25) is 0 Å². The number of amides is 1. The van der Waals surface area contributed by atoms with E-state index in [1.165, 1.54) is 24.3 Å². The predicted molar refractivity (Wildman–Crippen MR) is 91.3 cm³/mol. The zero-order valence-electron chi connectivity index (χ0n) is 14.0. The molecule has 0 aliphatic rings. The van der Waals surface area contributed by atoms with E-state index in [0.29, 0.717) is 22.4 Å². The third-order valence-corrected chi connectivity index (χ3v) is 3.93. The Morgan fingerprint density at radius 3 is 2.35 bits per heavy atom. The predicted octanol–water partition coefficient (Wildman–Crippen LogP) is 4.62. The largest absolute Gasteiger partial charge is 0.481 e.